The molecule has 1 fully saturated rings. The number of hydrogen-bond acceptors (Lipinski definition) is 5. The minimum atomic E-state index is -0.503. The van der Waals surface area contributed by atoms with E-state index >= 15 is 0 Å². The number of carbonyl (C=O) groups excluding carboxylic acids is 1. The first-order chi connectivity index (χ1) is 11.5. The molecule has 0 saturated carbocycles. The van der Waals surface area contributed by atoms with Gasteiger partial charge in [-0.15, -0.1) is 0 Å². The Morgan fingerprint density at radius 2 is 1.88 bits per heavy atom. The highest BCUT2D eigenvalue weighted by atomic mass is 32.2. The molecule has 6 nitrogen and oxygen atoms in total. The van der Waals surface area contributed by atoms with E-state index in [2.05, 4.69) is 10.3 Å². The second-order valence-electron chi connectivity index (χ2n) is 4.77. The summed E-state index contributed by atoms with van der Waals surface area (Å²) in [6.45, 7) is 0. The van der Waals surface area contributed by atoms with Crippen LogP contribution < -0.4 is 5.32 Å². The van der Waals surface area contributed by atoms with Crippen molar-refractivity contribution in [2.75, 3.05) is 0 Å². The van der Waals surface area contributed by atoms with Gasteiger partial charge in [-0.2, -0.15) is 0 Å². The average Bonchev–Trinajstić information content (AvgIpc) is 2.89. The molecule has 1 heterocycles. The Kier molecular flexibility index (Phi) is 4.39. The van der Waals surface area contributed by atoms with Crippen molar-refractivity contribution in [1.29, 1.82) is 0 Å². The molecule has 1 N–H and O–H groups in total. The first-order valence-corrected chi connectivity index (χ1v) is 7.63. The Balaban J connectivity index is 1.88. The van der Waals surface area contributed by atoms with Crippen LogP contribution in [-0.2, 0) is 4.79 Å². The second kappa shape index (κ2) is 6.63. The van der Waals surface area contributed by atoms with Gasteiger partial charge in [0, 0.05) is 6.07 Å². The van der Waals surface area contributed by atoms with Crippen LogP contribution in [0.25, 0.3) is 6.08 Å². The van der Waals surface area contributed by atoms with Crippen molar-refractivity contribution in [3.05, 3.63) is 74.9 Å². The summed E-state index contributed by atoms with van der Waals surface area (Å²) < 4.78 is 12.9. The number of rotatable bonds is 3. The van der Waals surface area contributed by atoms with Crippen LogP contribution in [-0.4, -0.2) is 16.0 Å². The van der Waals surface area contributed by atoms with Crippen molar-refractivity contribution in [2.45, 2.75) is 0 Å². The summed E-state index contributed by atoms with van der Waals surface area (Å²) in [5, 5.41) is 13.9. The number of aliphatic imine (C=N–C) groups is 1. The van der Waals surface area contributed by atoms with E-state index in [0.29, 0.717) is 21.3 Å². The molecule has 0 radical (unpaired) electrons. The average molecular weight is 343 g/mol. The molecule has 2 aromatic rings. The number of thioether (sulfide) groups is 1. The minimum absolute atomic E-state index is 0.0812. The van der Waals surface area contributed by atoms with Crippen LogP contribution in [0.1, 0.15) is 5.56 Å². The summed E-state index contributed by atoms with van der Waals surface area (Å²) in [4.78, 5) is 27.0. The number of amidine groups is 1. The van der Waals surface area contributed by atoms with Gasteiger partial charge < -0.3 is 5.32 Å². The number of hydrogen-bond donors (Lipinski definition) is 1. The fraction of sp³-hybridized carbons (Fsp3) is 0. The van der Waals surface area contributed by atoms with Gasteiger partial charge in [0.15, 0.2) is 5.17 Å². The molecule has 1 aliphatic rings. The molecule has 0 unspecified atom stereocenters. The summed E-state index contributed by atoms with van der Waals surface area (Å²) in [7, 11) is 0. The number of amides is 1. The molecule has 1 aliphatic heterocycles. The normalized spacial score (nSPS) is 17.3. The molecule has 0 aromatic heterocycles. The lowest BCUT2D eigenvalue weighted by atomic mass is 10.1. The van der Waals surface area contributed by atoms with Gasteiger partial charge in [-0.25, -0.2) is 9.38 Å². The van der Waals surface area contributed by atoms with Crippen LogP contribution in [0.15, 0.2) is 58.4 Å². The fourth-order valence-corrected chi connectivity index (χ4v) is 2.86. The summed E-state index contributed by atoms with van der Waals surface area (Å²) in [6, 6.07) is 11.7. The molecule has 120 valence electrons. The third-order valence-corrected chi connectivity index (χ3v) is 4.04. The molecule has 1 saturated heterocycles. The summed E-state index contributed by atoms with van der Waals surface area (Å²) in [6.07, 6.45) is 1.45. The zero-order chi connectivity index (χ0) is 17.1. The van der Waals surface area contributed by atoms with Crippen LogP contribution in [0.5, 0.6) is 0 Å². The van der Waals surface area contributed by atoms with Crippen molar-refractivity contribution in [1.82, 2.24) is 5.32 Å². The predicted molar refractivity (Wildman–Crippen MR) is 90.3 cm³/mol. The van der Waals surface area contributed by atoms with Crippen LogP contribution in [0, 0.1) is 15.9 Å². The van der Waals surface area contributed by atoms with E-state index < -0.39 is 4.92 Å². The number of carbonyl (C=O) groups is 1. The third kappa shape index (κ3) is 3.49. The van der Waals surface area contributed by atoms with Gasteiger partial charge in [0.25, 0.3) is 11.6 Å². The predicted octanol–water partition coefficient (Wildman–Crippen LogP) is 3.63. The molecule has 8 heteroatoms. The van der Waals surface area contributed by atoms with Gasteiger partial charge in [-0.1, -0.05) is 12.1 Å². The Labute approximate surface area is 140 Å². The molecular weight excluding hydrogens is 333 g/mol. The highest BCUT2D eigenvalue weighted by Gasteiger charge is 2.25. The van der Waals surface area contributed by atoms with E-state index in [-0.39, 0.29) is 17.4 Å². The summed E-state index contributed by atoms with van der Waals surface area (Å²) in [5.74, 6) is -0.766. The second-order valence-corrected chi connectivity index (χ2v) is 5.80. The Hall–Kier alpha value is -3.00. The number of nitro groups is 1. The van der Waals surface area contributed by atoms with Crippen LogP contribution >= 0.6 is 11.8 Å². The molecule has 2 aromatic carbocycles. The van der Waals surface area contributed by atoms with E-state index in [1.165, 1.54) is 36.4 Å². The van der Waals surface area contributed by atoms with E-state index in [9.17, 15) is 19.3 Å². The van der Waals surface area contributed by atoms with Crippen LogP contribution in [0.4, 0.5) is 15.8 Å². The van der Waals surface area contributed by atoms with Crippen molar-refractivity contribution in [2.24, 2.45) is 4.99 Å². The van der Waals surface area contributed by atoms with Gasteiger partial charge in [-0.3, -0.25) is 14.9 Å². The number of benzene rings is 2. The molecular formula is C16H10FN3O3S. The maximum Gasteiger partial charge on any atom is 0.276 e. The van der Waals surface area contributed by atoms with Crippen molar-refractivity contribution >= 4 is 40.3 Å². The lowest BCUT2D eigenvalue weighted by Gasteiger charge is -1.97. The monoisotopic (exact) mass is 343 g/mol. The zero-order valence-electron chi connectivity index (χ0n) is 12.1. The highest BCUT2D eigenvalue weighted by molar-refractivity contribution is 8.18. The van der Waals surface area contributed by atoms with Crippen LogP contribution in [0.2, 0.25) is 0 Å². The molecule has 0 aliphatic carbocycles. The van der Waals surface area contributed by atoms with E-state index in [1.807, 2.05) is 0 Å². The number of nitrogens with one attached hydrogen (secondary N) is 1. The Bertz CT molecular complexity index is 878. The van der Waals surface area contributed by atoms with Gasteiger partial charge in [0.1, 0.15) is 5.82 Å². The molecule has 0 bridgehead atoms. The zero-order valence-corrected chi connectivity index (χ0v) is 12.9. The van der Waals surface area contributed by atoms with Crippen molar-refractivity contribution < 1.29 is 14.1 Å². The van der Waals surface area contributed by atoms with E-state index in [0.717, 1.165) is 11.8 Å². The standard InChI is InChI=1S/C16H10FN3O3S/c17-11-5-7-12(8-6-11)18-16-19-15(21)14(24-16)9-10-3-1-2-4-13(10)20(22)23/h1-9H,(H,18,19,21)/b14-9-. The van der Waals surface area contributed by atoms with E-state index in [4.69, 9.17) is 0 Å². The maximum atomic E-state index is 12.9. The SMILES string of the molecule is O=C1NC(=Nc2ccc(F)cc2)S/C1=C\c1ccccc1[N+](=O)[O-]. The van der Waals surface area contributed by atoms with E-state index in [1.54, 1.807) is 18.2 Å². The van der Waals surface area contributed by atoms with Gasteiger partial charge >= 0.3 is 0 Å². The minimum Gasteiger partial charge on any atom is -0.300 e. The number of halogens is 1. The first kappa shape index (κ1) is 15.9. The number of nitro benzene ring substituents is 1. The summed E-state index contributed by atoms with van der Waals surface area (Å²) in [5.41, 5.74) is 0.747. The summed E-state index contributed by atoms with van der Waals surface area (Å²) >= 11 is 1.07. The molecule has 0 spiro atoms. The van der Waals surface area contributed by atoms with Crippen molar-refractivity contribution in [3.8, 4) is 0 Å². The largest absolute Gasteiger partial charge is 0.300 e. The van der Waals surface area contributed by atoms with Crippen molar-refractivity contribution in [3.63, 3.8) is 0 Å². The number of para-hydroxylation sites is 1. The van der Waals surface area contributed by atoms with Crippen LogP contribution in [0.3, 0.4) is 0 Å². The first-order valence-electron chi connectivity index (χ1n) is 6.81. The fourth-order valence-electron chi connectivity index (χ4n) is 2.03. The lowest BCUT2D eigenvalue weighted by Crippen LogP contribution is -2.19. The third-order valence-electron chi connectivity index (χ3n) is 3.13. The number of nitrogens with zero attached hydrogens (tertiary/aromatic N) is 2. The molecule has 1 amide bonds. The Morgan fingerprint density at radius 1 is 1.17 bits per heavy atom. The topological polar surface area (TPSA) is 84.6 Å². The van der Waals surface area contributed by atoms with Gasteiger partial charge in [0.2, 0.25) is 0 Å². The molecule has 0 atom stereocenters. The lowest BCUT2D eigenvalue weighted by molar-refractivity contribution is -0.385. The highest BCUT2D eigenvalue weighted by Crippen LogP contribution is 2.30. The Morgan fingerprint density at radius 3 is 2.58 bits per heavy atom. The smallest absolute Gasteiger partial charge is 0.276 e. The van der Waals surface area contributed by atoms with Gasteiger partial charge in [-0.05, 0) is 48.2 Å². The molecule has 24 heavy (non-hydrogen) atoms. The quantitative estimate of drug-likeness (QED) is 0.524. The molecule has 3 rings (SSSR count). The maximum absolute atomic E-state index is 12.9. The van der Waals surface area contributed by atoms with Gasteiger partial charge in [0.05, 0.1) is 21.1 Å².